The molecule has 1 N–H and O–H groups in total. The molecule has 0 aromatic heterocycles. The van der Waals surface area contributed by atoms with Crippen molar-refractivity contribution in [1.29, 1.82) is 0 Å². The van der Waals surface area contributed by atoms with Gasteiger partial charge in [0.05, 0.1) is 6.04 Å². The van der Waals surface area contributed by atoms with E-state index in [1.807, 2.05) is 0 Å². The van der Waals surface area contributed by atoms with E-state index in [-0.39, 0.29) is 23.3 Å². The van der Waals surface area contributed by atoms with Gasteiger partial charge >= 0.3 is 0 Å². The lowest BCUT2D eigenvalue weighted by Crippen LogP contribution is -2.41. The second kappa shape index (κ2) is 8.38. The molecule has 3 heteroatoms. The molecule has 0 radical (unpaired) electrons. The van der Waals surface area contributed by atoms with Crippen molar-refractivity contribution in [1.82, 2.24) is 5.32 Å². The number of amides is 1. The number of piperidine rings is 1. The lowest BCUT2D eigenvalue weighted by molar-refractivity contribution is -0.126. The number of anilines is 1. The predicted octanol–water partition coefficient (Wildman–Crippen LogP) is 5.39. The fourth-order valence-corrected chi connectivity index (χ4v) is 3.84. The third-order valence-electron chi connectivity index (χ3n) is 5.90. The number of hydrogen-bond acceptors (Lipinski definition) is 2. The molecule has 0 aliphatic carbocycles. The van der Waals surface area contributed by atoms with E-state index in [1.165, 1.54) is 22.4 Å². The van der Waals surface area contributed by atoms with E-state index >= 15 is 0 Å². The summed E-state index contributed by atoms with van der Waals surface area (Å²) in [6.45, 7) is 12.7. The second-order valence-corrected chi connectivity index (χ2v) is 9.20. The van der Waals surface area contributed by atoms with E-state index in [1.54, 1.807) is 0 Å². The van der Waals surface area contributed by atoms with Gasteiger partial charge in [-0.1, -0.05) is 62.7 Å². The Balaban J connectivity index is 1.53. The van der Waals surface area contributed by atoms with Gasteiger partial charge in [0.1, 0.15) is 0 Å². The van der Waals surface area contributed by atoms with Gasteiger partial charge in [-0.25, -0.2) is 0 Å². The highest BCUT2D eigenvalue weighted by atomic mass is 16.1. The normalized spacial score (nSPS) is 16.7. The summed E-state index contributed by atoms with van der Waals surface area (Å²) < 4.78 is 0. The molecule has 28 heavy (non-hydrogen) atoms. The van der Waals surface area contributed by atoms with Crippen LogP contribution in [-0.2, 0) is 10.2 Å². The minimum Gasteiger partial charge on any atom is -0.371 e. The number of nitrogens with zero attached hydrogens (tertiary/aromatic N) is 1. The minimum atomic E-state index is 0.0386. The molecule has 0 spiro atoms. The lowest BCUT2D eigenvalue weighted by Gasteiger charge is -2.33. The summed E-state index contributed by atoms with van der Waals surface area (Å²) in [5.41, 5.74) is 5.17. The van der Waals surface area contributed by atoms with Gasteiger partial charge in [-0.05, 0) is 55.4 Å². The van der Waals surface area contributed by atoms with Crippen LogP contribution in [0.15, 0.2) is 48.5 Å². The third kappa shape index (κ3) is 4.95. The van der Waals surface area contributed by atoms with Crippen LogP contribution in [-0.4, -0.2) is 19.0 Å². The quantitative estimate of drug-likeness (QED) is 0.774. The molecule has 1 heterocycles. The van der Waals surface area contributed by atoms with E-state index in [0.717, 1.165) is 25.9 Å². The number of carbonyl (C=O) groups excluding carboxylic acids is 1. The zero-order valence-electron chi connectivity index (χ0n) is 18.0. The third-order valence-corrected chi connectivity index (χ3v) is 5.90. The highest BCUT2D eigenvalue weighted by molar-refractivity contribution is 5.79. The summed E-state index contributed by atoms with van der Waals surface area (Å²) in [5, 5.41) is 3.23. The molecule has 3 nitrogen and oxygen atoms in total. The number of aryl methyl sites for hydroxylation is 1. The van der Waals surface area contributed by atoms with E-state index in [2.05, 4.69) is 93.4 Å². The molecule has 0 bridgehead atoms. The second-order valence-electron chi connectivity index (χ2n) is 9.20. The maximum atomic E-state index is 12.8. The van der Waals surface area contributed by atoms with Crippen LogP contribution < -0.4 is 10.2 Å². The summed E-state index contributed by atoms with van der Waals surface area (Å²) in [6.07, 6.45) is 1.82. The average Bonchev–Trinajstić information content (AvgIpc) is 2.68. The van der Waals surface area contributed by atoms with Gasteiger partial charge < -0.3 is 10.2 Å². The molecule has 1 atom stereocenters. The summed E-state index contributed by atoms with van der Waals surface area (Å²) >= 11 is 0. The van der Waals surface area contributed by atoms with E-state index in [9.17, 15) is 4.79 Å². The predicted molar refractivity (Wildman–Crippen MR) is 118 cm³/mol. The summed E-state index contributed by atoms with van der Waals surface area (Å²) in [5.74, 6) is 0.300. The number of rotatable bonds is 4. The highest BCUT2D eigenvalue weighted by Crippen LogP contribution is 2.26. The summed E-state index contributed by atoms with van der Waals surface area (Å²) in [6, 6.07) is 17.4. The van der Waals surface area contributed by atoms with Crippen LogP contribution in [0.3, 0.4) is 0 Å². The molecule has 150 valence electrons. The van der Waals surface area contributed by atoms with Gasteiger partial charge in [-0.3, -0.25) is 4.79 Å². The zero-order chi connectivity index (χ0) is 20.3. The molecule has 1 fully saturated rings. The Morgan fingerprint density at radius 2 is 1.57 bits per heavy atom. The molecule has 1 aliphatic heterocycles. The van der Waals surface area contributed by atoms with E-state index < -0.39 is 0 Å². The molecular weight excluding hydrogens is 344 g/mol. The molecule has 1 aliphatic rings. The average molecular weight is 379 g/mol. The lowest BCUT2D eigenvalue weighted by atomic mass is 9.86. The molecule has 0 unspecified atom stereocenters. The van der Waals surface area contributed by atoms with Crippen LogP contribution in [0.1, 0.15) is 63.3 Å². The number of nitrogens with one attached hydrogen (secondary N) is 1. The van der Waals surface area contributed by atoms with Gasteiger partial charge in [-0.2, -0.15) is 0 Å². The van der Waals surface area contributed by atoms with Crippen LogP contribution in [0.25, 0.3) is 0 Å². The van der Waals surface area contributed by atoms with Crippen molar-refractivity contribution < 1.29 is 4.79 Å². The molecule has 3 rings (SSSR count). The maximum Gasteiger partial charge on any atom is 0.223 e. The fourth-order valence-electron chi connectivity index (χ4n) is 3.84. The first kappa shape index (κ1) is 20.4. The zero-order valence-corrected chi connectivity index (χ0v) is 18.0. The van der Waals surface area contributed by atoms with Gasteiger partial charge in [-0.15, -0.1) is 0 Å². The van der Waals surface area contributed by atoms with Crippen LogP contribution in [0.5, 0.6) is 0 Å². The van der Waals surface area contributed by atoms with Crippen molar-refractivity contribution in [2.45, 2.75) is 58.9 Å². The molecule has 1 saturated heterocycles. The molecule has 2 aromatic carbocycles. The van der Waals surface area contributed by atoms with E-state index in [0.29, 0.717) is 0 Å². The maximum absolute atomic E-state index is 12.8. The van der Waals surface area contributed by atoms with Crippen molar-refractivity contribution in [2.24, 2.45) is 5.92 Å². The van der Waals surface area contributed by atoms with Gasteiger partial charge in [0.2, 0.25) is 5.91 Å². The summed E-state index contributed by atoms with van der Waals surface area (Å²) in [4.78, 5) is 15.2. The van der Waals surface area contributed by atoms with Crippen molar-refractivity contribution >= 4 is 11.6 Å². The minimum absolute atomic E-state index is 0.0386. The highest BCUT2D eigenvalue weighted by Gasteiger charge is 2.26. The number of carbonyl (C=O) groups is 1. The number of hydrogen-bond donors (Lipinski definition) is 1. The van der Waals surface area contributed by atoms with Crippen molar-refractivity contribution in [3.8, 4) is 0 Å². The van der Waals surface area contributed by atoms with Crippen molar-refractivity contribution in [3.05, 3.63) is 65.2 Å². The van der Waals surface area contributed by atoms with Gasteiger partial charge in [0.15, 0.2) is 0 Å². The Bertz CT molecular complexity index is 779. The molecular formula is C25H34N2O. The fraction of sp³-hybridized carbons (Fsp3) is 0.480. The summed E-state index contributed by atoms with van der Waals surface area (Å²) in [7, 11) is 0. The van der Waals surface area contributed by atoms with Crippen LogP contribution in [0.2, 0.25) is 0 Å². The van der Waals surface area contributed by atoms with Crippen LogP contribution in [0.4, 0.5) is 5.69 Å². The van der Waals surface area contributed by atoms with E-state index in [4.69, 9.17) is 0 Å². The van der Waals surface area contributed by atoms with Crippen LogP contribution in [0, 0.1) is 12.8 Å². The molecule has 1 amide bonds. The topological polar surface area (TPSA) is 32.3 Å². The Labute approximate surface area is 170 Å². The molecule has 0 saturated carbocycles. The van der Waals surface area contributed by atoms with Gasteiger partial charge in [0.25, 0.3) is 0 Å². The van der Waals surface area contributed by atoms with Gasteiger partial charge in [0, 0.05) is 24.7 Å². The standard InChI is InChI=1S/C25H34N2O/c1-18-6-12-23(13-7-18)27-16-14-21(15-17-27)24(28)26-19(2)20-8-10-22(11-9-20)25(3,4)5/h6-13,19,21H,14-17H2,1-5H3,(H,26,28)/t19-/m0/s1. The van der Waals surface area contributed by atoms with Crippen molar-refractivity contribution in [2.75, 3.05) is 18.0 Å². The van der Waals surface area contributed by atoms with Crippen LogP contribution >= 0.6 is 0 Å². The first-order valence-corrected chi connectivity index (χ1v) is 10.5. The Morgan fingerprint density at radius 1 is 1.00 bits per heavy atom. The first-order chi connectivity index (χ1) is 13.2. The molecule has 2 aromatic rings. The Hall–Kier alpha value is -2.29. The largest absolute Gasteiger partial charge is 0.371 e. The first-order valence-electron chi connectivity index (χ1n) is 10.5. The smallest absolute Gasteiger partial charge is 0.223 e. The van der Waals surface area contributed by atoms with Crippen molar-refractivity contribution in [3.63, 3.8) is 0 Å². The SMILES string of the molecule is Cc1ccc(N2CCC(C(=O)N[C@@H](C)c3ccc(C(C)(C)C)cc3)CC2)cc1. The number of benzene rings is 2. The monoisotopic (exact) mass is 378 g/mol. The Kier molecular flexibility index (Phi) is 6.12. The Morgan fingerprint density at radius 3 is 2.11 bits per heavy atom.